The van der Waals surface area contributed by atoms with E-state index < -0.39 is 0 Å². The second-order valence-corrected chi connectivity index (χ2v) is 5.67. The highest BCUT2D eigenvalue weighted by molar-refractivity contribution is 5.22. The quantitative estimate of drug-likeness (QED) is 0.684. The summed E-state index contributed by atoms with van der Waals surface area (Å²) in [6, 6.07) is 8.79. The number of nitrogens with one attached hydrogen (secondary N) is 1. The maximum Gasteiger partial charge on any atom is 0.0720 e. The molecule has 0 saturated heterocycles. The van der Waals surface area contributed by atoms with Crippen LogP contribution in [0.3, 0.4) is 0 Å². The Morgan fingerprint density at radius 3 is 2.26 bits per heavy atom. The lowest BCUT2D eigenvalue weighted by Crippen LogP contribution is -2.16. The first-order valence-electron chi connectivity index (χ1n) is 7.52. The van der Waals surface area contributed by atoms with E-state index >= 15 is 0 Å². The fourth-order valence-corrected chi connectivity index (χ4v) is 2.18. The summed E-state index contributed by atoms with van der Waals surface area (Å²) in [4.78, 5) is 0. The Labute approximate surface area is 118 Å². The smallest absolute Gasteiger partial charge is 0.0720 e. The molecule has 1 N–H and O–H groups in total. The zero-order chi connectivity index (χ0) is 14.1. The average Bonchev–Trinajstić information content (AvgIpc) is 2.37. The molecule has 0 bridgehead atoms. The summed E-state index contributed by atoms with van der Waals surface area (Å²) in [5.41, 5.74) is 2.66. The molecule has 0 amide bonds. The predicted octanol–water partition coefficient (Wildman–Crippen LogP) is 3.79. The molecule has 1 rings (SSSR count). The fraction of sp³-hybridized carbons (Fsp3) is 0.647. The first kappa shape index (κ1) is 16.2. The van der Waals surface area contributed by atoms with Gasteiger partial charge >= 0.3 is 0 Å². The molecule has 0 fully saturated rings. The molecular weight excluding hydrogens is 234 g/mol. The molecule has 0 aliphatic rings. The van der Waals surface area contributed by atoms with Crippen LogP contribution in [0.25, 0.3) is 0 Å². The molecule has 1 atom stereocenters. The monoisotopic (exact) mass is 263 g/mol. The second kappa shape index (κ2) is 9.11. The number of likely N-dealkylation sites (N-methyl/N-ethyl adjacent to an activating group) is 1. The van der Waals surface area contributed by atoms with E-state index in [1.807, 2.05) is 0 Å². The van der Waals surface area contributed by atoms with Crippen molar-refractivity contribution in [2.45, 2.75) is 53.2 Å². The first-order valence-corrected chi connectivity index (χ1v) is 7.52. The normalized spacial score (nSPS) is 12.9. The maximum absolute atomic E-state index is 5.86. The number of hydrogen-bond donors (Lipinski definition) is 1. The van der Waals surface area contributed by atoms with Crippen LogP contribution in [0.4, 0.5) is 0 Å². The largest absolute Gasteiger partial charge is 0.374 e. The second-order valence-electron chi connectivity index (χ2n) is 5.67. The molecule has 19 heavy (non-hydrogen) atoms. The molecule has 108 valence electrons. The Kier molecular flexibility index (Phi) is 7.76. The predicted molar refractivity (Wildman–Crippen MR) is 82.4 cm³/mol. The van der Waals surface area contributed by atoms with Gasteiger partial charge in [-0.15, -0.1) is 0 Å². The molecule has 0 radical (unpaired) electrons. The number of rotatable bonds is 9. The molecule has 1 aromatic rings. The van der Waals surface area contributed by atoms with E-state index in [2.05, 4.69) is 57.3 Å². The van der Waals surface area contributed by atoms with Crippen LogP contribution in [0.1, 0.15) is 45.2 Å². The van der Waals surface area contributed by atoms with Crippen LogP contribution >= 0.6 is 0 Å². The Hall–Kier alpha value is -0.860. The maximum atomic E-state index is 5.86. The van der Waals surface area contributed by atoms with Crippen molar-refractivity contribution in [2.24, 2.45) is 5.92 Å². The van der Waals surface area contributed by atoms with E-state index in [-0.39, 0.29) is 0 Å². The zero-order valence-electron chi connectivity index (χ0n) is 12.9. The van der Waals surface area contributed by atoms with Crippen LogP contribution < -0.4 is 5.32 Å². The summed E-state index contributed by atoms with van der Waals surface area (Å²) < 4.78 is 5.86. The third-order valence-electron chi connectivity index (χ3n) is 3.20. The van der Waals surface area contributed by atoms with Gasteiger partial charge in [-0.1, -0.05) is 45.0 Å². The van der Waals surface area contributed by atoms with Gasteiger partial charge in [-0.05, 0) is 49.9 Å². The molecule has 1 aromatic carbocycles. The van der Waals surface area contributed by atoms with Crippen LogP contribution in [0, 0.1) is 5.92 Å². The van der Waals surface area contributed by atoms with Gasteiger partial charge in [0.1, 0.15) is 0 Å². The van der Waals surface area contributed by atoms with E-state index in [0.717, 1.165) is 32.5 Å². The van der Waals surface area contributed by atoms with Crippen LogP contribution in [-0.4, -0.2) is 19.2 Å². The van der Waals surface area contributed by atoms with E-state index in [9.17, 15) is 0 Å². The minimum absolute atomic E-state index is 0.341. The Morgan fingerprint density at radius 2 is 1.68 bits per heavy atom. The van der Waals surface area contributed by atoms with Gasteiger partial charge in [0.25, 0.3) is 0 Å². The van der Waals surface area contributed by atoms with Crippen molar-refractivity contribution in [1.82, 2.24) is 5.32 Å². The molecule has 2 nitrogen and oxygen atoms in total. The third kappa shape index (κ3) is 7.34. The molecule has 0 spiro atoms. The summed E-state index contributed by atoms with van der Waals surface area (Å²) in [7, 11) is 0. The highest BCUT2D eigenvalue weighted by Crippen LogP contribution is 2.11. The lowest BCUT2D eigenvalue weighted by atomic mass is 10.1. The highest BCUT2D eigenvalue weighted by Gasteiger charge is 2.05. The van der Waals surface area contributed by atoms with Gasteiger partial charge < -0.3 is 10.1 Å². The van der Waals surface area contributed by atoms with Crippen molar-refractivity contribution in [3.63, 3.8) is 0 Å². The topological polar surface area (TPSA) is 21.3 Å². The third-order valence-corrected chi connectivity index (χ3v) is 3.20. The van der Waals surface area contributed by atoms with Gasteiger partial charge in [-0.3, -0.25) is 0 Å². The van der Waals surface area contributed by atoms with Crippen LogP contribution in [0.5, 0.6) is 0 Å². The van der Waals surface area contributed by atoms with E-state index in [1.54, 1.807) is 0 Å². The molecule has 0 aromatic heterocycles. The van der Waals surface area contributed by atoms with Crippen LogP contribution in [0.15, 0.2) is 24.3 Å². The van der Waals surface area contributed by atoms with E-state index in [4.69, 9.17) is 4.74 Å². The van der Waals surface area contributed by atoms with Crippen LogP contribution in [-0.2, 0) is 17.8 Å². The molecule has 0 saturated carbocycles. The Morgan fingerprint density at radius 1 is 1.05 bits per heavy atom. The standard InChI is InChI=1S/C17H29NO/c1-5-18-11-10-16-6-8-17(9-7-16)13-19-15(4)12-14(2)3/h6-9,14-15,18H,5,10-13H2,1-4H3. The number of ether oxygens (including phenoxy) is 1. The molecule has 0 aliphatic carbocycles. The van der Waals surface area contributed by atoms with E-state index in [1.165, 1.54) is 11.1 Å². The Bertz CT molecular complexity index is 332. The summed E-state index contributed by atoms with van der Waals surface area (Å²) in [6.45, 7) is 11.6. The summed E-state index contributed by atoms with van der Waals surface area (Å²) in [5.74, 6) is 0.698. The molecule has 1 unspecified atom stereocenters. The van der Waals surface area contributed by atoms with Gasteiger partial charge in [0, 0.05) is 0 Å². The van der Waals surface area contributed by atoms with Crippen molar-refractivity contribution < 1.29 is 4.74 Å². The first-order chi connectivity index (χ1) is 9.11. The van der Waals surface area contributed by atoms with Crippen molar-refractivity contribution in [3.05, 3.63) is 35.4 Å². The van der Waals surface area contributed by atoms with Gasteiger partial charge in [0.05, 0.1) is 12.7 Å². The van der Waals surface area contributed by atoms with E-state index in [0.29, 0.717) is 12.0 Å². The van der Waals surface area contributed by atoms with Gasteiger partial charge in [-0.25, -0.2) is 0 Å². The van der Waals surface area contributed by atoms with Gasteiger partial charge in [0.15, 0.2) is 0 Å². The fourth-order valence-electron chi connectivity index (χ4n) is 2.18. The summed E-state index contributed by atoms with van der Waals surface area (Å²) in [6.07, 6.45) is 2.56. The van der Waals surface area contributed by atoms with Crippen molar-refractivity contribution in [3.8, 4) is 0 Å². The SMILES string of the molecule is CCNCCc1ccc(COC(C)CC(C)C)cc1. The van der Waals surface area contributed by atoms with Crippen LogP contribution in [0.2, 0.25) is 0 Å². The minimum Gasteiger partial charge on any atom is -0.374 e. The molecule has 0 heterocycles. The Balaban J connectivity index is 2.31. The molecule has 2 heteroatoms. The molecular formula is C17H29NO. The number of hydrogen-bond acceptors (Lipinski definition) is 2. The zero-order valence-corrected chi connectivity index (χ0v) is 12.9. The highest BCUT2D eigenvalue weighted by atomic mass is 16.5. The van der Waals surface area contributed by atoms with Crippen molar-refractivity contribution >= 4 is 0 Å². The minimum atomic E-state index is 0.341. The lowest BCUT2D eigenvalue weighted by molar-refractivity contribution is 0.0397. The number of benzene rings is 1. The average molecular weight is 263 g/mol. The van der Waals surface area contributed by atoms with Gasteiger partial charge in [0.2, 0.25) is 0 Å². The van der Waals surface area contributed by atoms with Gasteiger partial charge in [-0.2, -0.15) is 0 Å². The summed E-state index contributed by atoms with van der Waals surface area (Å²) in [5, 5.41) is 3.34. The summed E-state index contributed by atoms with van der Waals surface area (Å²) >= 11 is 0. The lowest BCUT2D eigenvalue weighted by Gasteiger charge is -2.15. The molecule has 0 aliphatic heterocycles. The van der Waals surface area contributed by atoms with Crippen molar-refractivity contribution in [1.29, 1.82) is 0 Å². The van der Waals surface area contributed by atoms with Crippen molar-refractivity contribution in [2.75, 3.05) is 13.1 Å².